The van der Waals surface area contributed by atoms with Crippen LogP contribution in [0, 0.1) is 23.2 Å². The molecule has 0 radical (unpaired) electrons. The van der Waals surface area contributed by atoms with Gasteiger partial charge in [0.1, 0.15) is 0 Å². The zero-order valence-corrected chi connectivity index (χ0v) is 13.9. The van der Waals surface area contributed by atoms with Crippen molar-refractivity contribution < 1.29 is 14.7 Å². The van der Waals surface area contributed by atoms with Gasteiger partial charge in [0.15, 0.2) is 0 Å². The van der Waals surface area contributed by atoms with Crippen molar-refractivity contribution in [1.29, 1.82) is 0 Å². The molecule has 0 saturated heterocycles. The average molecular weight is 298 g/mol. The number of hydrogen-bond donors (Lipinski definition) is 2. The Balaban J connectivity index is 2.87. The first-order valence-electron chi connectivity index (χ1n) is 7.90. The van der Waals surface area contributed by atoms with Gasteiger partial charge in [-0.1, -0.05) is 27.7 Å². The van der Waals surface area contributed by atoms with E-state index in [4.69, 9.17) is 10.8 Å². The Hall–Kier alpha value is -1.10. The van der Waals surface area contributed by atoms with E-state index in [1.165, 1.54) is 0 Å². The van der Waals surface area contributed by atoms with E-state index in [9.17, 15) is 9.59 Å². The van der Waals surface area contributed by atoms with Crippen LogP contribution < -0.4 is 5.73 Å². The van der Waals surface area contributed by atoms with Crippen LogP contribution in [0.25, 0.3) is 0 Å². The molecule has 0 bridgehead atoms. The van der Waals surface area contributed by atoms with Crippen molar-refractivity contribution in [3.8, 4) is 0 Å². The summed E-state index contributed by atoms with van der Waals surface area (Å²) in [5.74, 6) is -1.13. The molecular weight excluding hydrogens is 268 g/mol. The van der Waals surface area contributed by atoms with Crippen molar-refractivity contribution >= 4 is 11.9 Å². The maximum Gasteiger partial charge on any atom is 0.308 e. The Morgan fingerprint density at radius 1 is 1.38 bits per heavy atom. The highest BCUT2D eigenvalue weighted by atomic mass is 16.4. The Labute approximate surface area is 127 Å². The molecule has 5 heteroatoms. The third-order valence-electron chi connectivity index (χ3n) is 5.41. The van der Waals surface area contributed by atoms with Crippen LogP contribution in [0.1, 0.15) is 47.5 Å². The maximum atomic E-state index is 12.8. The van der Waals surface area contributed by atoms with Crippen LogP contribution >= 0.6 is 0 Å². The molecule has 5 nitrogen and oxygen atoms in total. The lowest BCUT2D eigenvalue weighted by atomic mass is 9.60. The number of carbonyl (C=O) groups excluding carboxylic acids is 1. The minimum Gasteiger partial charge on any atom is -0.481 e. The van der Waals surface area contributed by atoms with Crippen molar-refractivity contribution in [1.82, 2.24) is 4.90 Å². The SMILES string of the molecule is CCN(CC(C)C(=O)O)C(=O)C1CCC(N)C(C)C1(C)C. The number of carboxylic acid groups (broad SMARTS) is 1. The van der Waals surface area contributed by atoms with E-state index < -0.39 is 11.9 Å². The van der Waals surface area contributed by atoms with Crippen LogP contribution in [0.4, 0.5) is 0 Å². The predicted octanol–water partition coefficient (Wildman–Crippen LogP) is 1.96. The number of carbonyl (C=O) groups is 2. The number of amides is 1. The quantitative estimate of drug-likeness (QED) is 0.812. The van der Waals surface area contributed by atoms with Gasteiger partial charge in [0.05, 0.1) is 5.92 Å². The van der Waals surface area contributed by atoms with Gasteiger partial charge in [-0.25, -0.2) is 0 Å². The molecule has 1 aliphatic carbocycles. The number of carboxylic acids is 1. The molecule has 3 N–H and O–H groups in total. The molecule has 1 amide bonds. The lowest BCUT2D eigenvalue weighted by Crippen LogP contribution is -2.53. The smallest absolute Gasteiger partial charge is 0.308 e. The second kappa shape index (κ2) is 6.77. The van der Waals surface area contributed by atoms with Crippen molar-refractivity contribution in [3.05, 3.63) is 0 Å². The van der Waals surface area contributed by atoms with Gasteiger partial charge < -0.3 is 15.7 Å². The first-order valence-corrected chi connectivity index (χ1v) is 7.90. The maximum absolute atomic E-state index is 12.8. The molecule has 0 spiro atoms. The fourth-order valence-electron chi connectivity index (χ4n) is 3.30. The normalized spacial score (nSPS) is 29.7. The predicted molar refractivity (Wildman–Crippen MR) is 82.7 cm³/mol. The van der Waals surface area contributed by atoms with Gasteiger partial charge in [0, 0.05) is 25.0 Å². The van der Waals surface area contributed by atoms with Gasteiger partial charge in [0.2, 0.25) is 5.91 Å². The number of nitrogens with two attached hydrogens (primary N) is 1. The summed E-state index contributed by atoms with van der Waals surface area (Å²) in [6.07, 6.45) is 1.64. The fraction of sp³-hybridized carbons (Fsp3) is 0.875. The lowest BCUT2D eigenvalue weighted by Gasteiger charge is -2.47. The molecule has 21 heavy (non-hydrogen) atoms. The lowest BCUT2D eigenvalue weighted by molar-refractivity contribution is -0.147. The second-order valence-corrected chi connectivity index (χ2v) is 7.02. The van der Waals surface area contributed by atoms with E-state index in [1.807, 2.05) is 6.92 Å². The van der Waals surface area contributed by atoms with E-state index in [-0.39, 0.29) is 35.7 Å². The van der Waals surface area contributed by atoms with Crippen LogP contribution in [-0.2, 0) is 9.59 Å². The summed E-state index contributed by atoms with van der Waals surface area (Å²) in [7, 11) is 0. The molecule has 1 rings (SSSR count). The zero-order chi connectivity index (χ0) is 16.4. The molecule has 1 aliphatic rings. The van der Waals surface area contributed by atoms with Crippen molar-refractivity contribution in [2.24, 2.45) is 28.9 Å². The first kappa shape index (κ1) is 18.0. The first-order chi connectivity index (χ1) is 9.62. The zero-order valence-electron chi connectivity index (χ0n) is 13.9. The molecule has 0 aromatic heterocycles. The van der Waals surface area contributed by atoms with Crippen LogP contribution in [0.3, 0.4) is 0 Å². The minimum absolute atomic E-state index is 0.0757. The molecule has 0 heterocycles. The standard InChI is InChI=1S/C16H30N2O3/c1-6-18(9-10(2)15(20)21)14(19)12-7-8-13(17)11(3)16(12,4)5/h10-13H,6-9,17H2,1-5H3,(H,20,21). The van der Waals surface area contributed by atoms with Gasteiger partial charge in [0.25, 0.3) is 0 Å². The largest absolute Gasteiger partial charge is 0.481 e. The topological polar surface area (TPSA) is 83.6 Å². The van der Waals surface area contributed by atoms with Crippen LogP contribution in [0.5, 0.6) is 0 Å². The van der Waals surface area contributed by atoms with Gasteiger partial charge >= 0.3 is 5.97 Å². The van der Waals surface area contributed by atoms with Gasteiger partial charge in [-0.2, -0.15) is 0 Å². The summed E-state index contributed by atoms with van der Waals surface area (Å²) in [6, 6.07) is 0.136. The monoisotopic (exact) mass is 298 g/mol. The Morgan fingerprint density at radius 2 is 1.95 bits per heavy atom. The van der Waals surface area contributed by atoms with E-state index in [0.29, 0.717) is 6.54 Å². The molecule has 1 saturated carbocycles. The number of nitrogens with zero attached hydrogens (tertiary/aromatic N) is 1. The van der Waals surface area contributed by atoms with Gasteiger partial charge in [-0.05, 0) is 31.1 Å². The Bertz CT molecular complexity index is 395. The highest BCUT2D eigenvalue weighted by molar-refractivity contribution is 5.80. The third kappa shape index (κ3) is 3.76. The molecule has 0 aromatic carbocycles. The second-order valence-electron chi connectivity index (χ2n) is 7.02. The summed E-state index contributed by atoms with van der Waals surface area (Å²) < 4.78 is 0. The highest BCUT2D eigenvalue weighted by Crippen LogP contribution is 2.45. The Morgan fingerprint density at radius 3 is 2.43 bits per heavy atom. The van der Waals surface area contributed by atoms with Crippen LogP contribution in [-0.4, -0.2) is 41.0 Å². The number of hydrogen-bond acceptors (Lipinski definition) is 3. The van der Waals surface area contributed by atoms with Crippen LogP contribution in [0.2, 0.25) is 0 Å². The molecule has 122 valence electrons. The number of rotatable bonds is 5. The average Bonchev–Trinajstić information content (AvgIpc) is 2.41. The summed E-state index contributed by atoms with van der Waals surface area (Å²) in [5.41, 5.74) is 5.98. The summed E-state index contributed by atoms with van der Waals surface area (Å²) in [6.45, 7) is 10.7. The van der Waals surface area contributed by atoms with Gasteiger partial charge in [-0.15, -0.1) is 0 Å². The van der Waals surface area contributed by atoms with Crippen molar-refractivity contribution in [3.63, 3.8) is 0 Å². The van der Waals surface area contributed by atoms with Gasteiger partial charge in [-0.3, -0.25) is 9.59 Å². The molecule has 0 aromatic rings. The van der Waals surface area contributed by atoms with E-state index in [1.54, 1.807) is 11.8 Å². The molecule has 0 aliphatic heterocycles. The third-order valence-corrected chi connectivity index (χ3v) is 5.41. The van der Waals surface area contributed by atoms with Crippen molar-refractivity contribution in [2.75, 3.05) is 13.1 Å². The molecule has 4 atom stereocenters. The fourth-order valence-corrected chi connectivity index (χ4v) is 3.30. The van der Waals surface area contributed by atoms with Crippen LogP contribution in [0.15, 0.2) is 0 Å². The number of aliphatic carboxylic acids is 1. The highest BCUT2D eigenvalue weighted by Gasteiger charge is 2.46. The summed E-state index contributed by atoms with van der Waals surface area (Å²) >= 11 is 0. The van der Waals surface area contributed by atoms with Crippen molar-refractivity contribution in [2.45, 2.75) is 53.5 Å². The molecule has 1 fully saturated rings. The summed E-state index contributed by atoms with van der Waals surface area (Å²) in [4.78, 5) is 25.6. The van der Waals surface area contributed by atoms with E-state index in [0.717, 1.165) is 12.8 Å². The van der Waals surface area contributed by atoms with E-state index in [2.05, 4.69) is 20.8 Å². The van der Waals surface area contributed by atoms with E-state index >= 15 is 0 Å². The summed E-state index contributed by atoms with van der Waals surface area (Å²) in [5, 5.41) is 9.04. The Kier molecular flexibility index (Phi) is 5.79. The minimum atomic E-state index is -0.862. The molecular formula is C16H30N2O3. The molecule has 4 unspecified atom stereocenters.